The summed E-state index contributed by atoms with van der Waals surface area (Å²) in [6, 6.07) is 5.03. The van der Waals surface area contributed by atoms with Gasteiger partial charge >= 0.3 is 12.0 Å². The number of benzene rings is 1. The highest BCUT2D eigenvalue weighted by Crippen LogP contribution is 2.37. The lowest BCUT2D eigenvalue weighted by Gasteiger charge is -2.27. The van der Waals surface area contributed by atoms with Gasteiger partial charge in [0.05, 0.1) is 5.56 Å². The second-order valence-corrected chi connectivity index (χ2v) is 6.27. The van der Waals surface area contributed by atoms with Gasteiger partial charge in [0.25, 0.3) is 0 Å². The molecule has 20 heavy (non-hydrogen) atoms. The van der Waals surface area contributed by atoms with Crippen LogP contribution in [0.15, 0.2) is 22.7 Å². The van der Waals surface area contributed by atoms with Gasteiger partial charge in [-0.1, -0.05) is 0 Å². The fourth-order valence-electron chi connectivity index (χ4n) is 3.14. The maximum Gasteiger partial charge on any atom is 0.336 e. The number of rotatable bonds is 2. The third-order valence-electron chi connectivity index (χ3n) is 4.12. The largest absolute Gasteiger partial charge is 0.478 e. The minimum absolute atomic E-state index is 0.129. The zero-order valence-corrected chi connectivity index (χ0v) is 12.4. The lowest BCUT2D eigenvalue weighted by Crippen LogP contribution is -2.40. The number of fused-ring (bicyclic) bond motifs is 2. The Morgan fingerprint density at radius 2 is 2.15 bits per heavy atom. The van der Waals surface area contributed by atoms with E-state index in [1.165, 1.54) is 12.5 Å². The number of amides is 2. The molecule has 1 aliphatic carbocycles. The summed E-state index contributed by atoms with van der Waals surface area (Å²) < 4.78 is 0.503. The van der Waals surface area contributed by atoms with E-state index in [0.717, 1.165) is 19.4 Å². The van der Waals surface area contributed by atoms with Gasteiger partial charge in [-0.05, 0) is 59.3 Å². The van der Waals surface area contributed by atoms with Crippen molar-refractivity contribution in [3.8, 4) is 0 Å². The maximum absolute atomic E-state index is 12.2. The Kier molecular flexibility index (Phi) is 3.41. The van der Waals surface area contributed by atoms with Crippen molar-refractivity contribution in [2.75, 3.05) is 11.9 Å². The number of carboxylic acid groups (broad SMARTS) is 1. The van der Waals surface area contributed by atoms with Gasteiger partial charge in [-0.25, -0.2) is 9.59 Å². The Morgan fingerprint density at radius 3 is 2.75 bits per heavy atom. The van der Waals surface area contributed by atoms with Gasteiger partial charge < -0.3 is 15.3 Å². The number of likely N-dealkylation sites (tertiary alicyclic amines) is 1. The van der Waals surface area contributed by atoms with Crippen LogP contribution in [0.4, 0.5) is 10.5 Å². The van der Waals surface area contributed by atoms with E-state index >= 15 is 0 Å². The van der Waals surface area contributed by atoms with Crippen molar-refractivity contribution in [2.24, 2.45) is 5.92 Å². The van der Waals surface area contributed by atoms with E-state index < -0.39 is 5.97 Å². The molecule has 1 aromatic carbocycles. The first-order valence-corrected chi connectivity index (χ1v) is 7.44. The number of aromatic carboxylic acids is 1. The second-order valence-electron chi connectivity index (χ2n) is 5.42. The summed E-state index contributed by atoms with van der Waals surface area (Å²) in [6.07, 6.45) is 3.41. The van der Waals surface area contributed by atoms with Crippen LogP contribution in [-0.4, -0.2) is 34.6 Å². The quantitative estimate of drug-likeness (QED) is 0.870. The molecule has 2 bridgehead atoms. The molecule has 106 valence electrons. The van der Waals surface area contributed by atoms with Crippen LogP contribution in [-0.2, 0) is 0 Å². The molecule has 0 radical (unpaired) electrons. The number of nitrogens with zero attached hydrogens (tertiary/aromatic N) is 1. The van der Waals surface area contributed by atoms with Crippen molar-refractivity contribution < 1.29 is 14.7 Å². The smallest absolute Gasteiger partial charge is 0.336 e. The highest BCUT2D eigenvalue weighted by Gasteiger charge is 2.40. The number of halogens is 1. The molecule has 1 saturated heterocycles. The van der Waals surface area contributed by atoms with E-state index in [4.69, 9.17) is 5.11 Å². The normalized spacial score (nSPS) is 23.9. The molecule has 6 heteroatoms. The summed E-state index contributed by atoms with van der Waals surface area (Å²) in [6.45, 7) is 0.818. The number of piperidine rings is 1. The first kappa shape index (κ1) is 13.4. The standard InChI is InChI=1S/C14H15BrN2O3/c15-12-4-2-9(6-11(12)13(18)19)16-14(20)17-7-8-1-3-10(17)5-8/h2,4,6,8,10H,1,3,5,7H2,(H,16,20)(H,18,19). The fourth-order valence-corrected chi connectivity index (χ4v) is 3.55. The number of carbonyl (C=O) groups is 2. The van der Waals surface area contributed by atoms with E-state index in [2.05, 4.69) is 21.2 Å². The lowest BCUT2D eigenvalue weighted by molar-refractivity contribution is 0.0696. The number of carboxylic acids is 1. The van der Waals surface area contributed by atoms with Crippen molar-refractivity contribution in [1.82, 2.24) is 4.90 Å². The molecule has 2 unspecified atom stereocenters. The van der Waals surface area contributed by atoms with Gasteiger partial charge in [-0.3, -0.25) is 0 Å². The van der Waals surface area contributed by atoms with Crippen molar-refractivity contribution >= 4 is 33.6 Å². The van der Waals surface area contributed by atoms with Crippen molar-refractivity contribution in [3.05, 3.63) is 28.2 Å². The molecule has 5 nitrogen and oxygen atoms in total. The first-order chi connectivity index (χ1) is 9.54. The number of hydrogen-bond donors (Lipinski definition) is 2. The Bertz CT molecular complexity index is 576. The monoisotopic (exact) mass is 338 g/mol. The van der Waals surface area contributed by atoms with E-state index in [9.17, 15) is 9.59 Å². The number of nitrogens with one attached hydrogen (secondary N) is 1. The van der Waals surface area contributed by atoms with Gasteiger partial charge in [0.2, 0.25) is 0 Å². The molecular weight excluding hydrogens is 324 g/mol. The van der Waals surface area contributed by atoms with E-state index in [0.29, 0.717) is 22.1 Å². The molecule has 0 spiro atoms. The fraction of sp³-hybridized carbons (Fsp3) is 0.429. The van der Waals surface area contributed by atoms with E-state index in [-0.39, 0.29) is 11.6 Å². The molecule has 1 aromatic rings. The van der Waals surface area contributed by atoms with Gasteiger partial charge in [0.1, 0.15) is 0 Å². The predicted octanol–water partition coefficient (Wildman–Crippen LogP) is 3.16. The topological polar surface area (TPSA) is 69.6 Å². The molecule has 3 rings (SSSR count). The van der Waals surface area contributed by atoms with Gasteiger partial charge in [-0.2, -0.15) is 0 Å². The summed E-state index contributed by atoms with van der Waals surface area (Å²) in [5.74, 6) is -0.376. The van der Waals surface area contributed by atoms with Crippen LogP contribution in [0.2, 0.25) is 0 Å². The lowest BCUT2D eigenvalue weighted by atomic mass is 10.1. The van der Waals surface area contributed by atoms with E-state index in [1.54, 1.807) is 12.1 Å². The van der Waals surface area contributed by atoms with Crippen LogP contribution in [0.3, 0.4) is 0 Å². The zero-order chi connectivity index (χ0) is 14.3. The molecule has 1 saturated carbocycles. The number of hydrogen-bond acceptors (Lipinski definition) is 2. The summed E-state index contributed by atoms with van der Waals surface area (Å²) in [5.41, 5.74) is 0.657. The maximum atomic E-state index is 12.2. The molecule has 1 heterocycles. The average Bonchev–Trinajstić information content (AvgIpc) is 3.03. The summed E-state index contributed by atoms with van der Waals surface area (Å²) >= 11 is 3.19. The molecule has 0 aromatic heterocycles. The van der Waals surface area contributed by atoms with Crippen LogP contribution in [0.5, 0.6) is 0 Å². The molecular formula is C14H15BrN2O3. The van der Waals surface area contributed by atoms with Crippen molar-refractivity contribution in [1.29, 1.82) is 0 Å². The van der Waals surface area contributed by atoms with Crippen LogP contribution in [0, 0.1) is 5.92 Å². The predicted molar refractivity (Wildman–Crippen MR) is 78.0 cm³/mol. The summed E-state index contributed by atoms with van der Waals surface area (Å²) in [5, 5.41) is 11.9. The summed E-state index contributed by atoms with van der Waals surface area (Å²) in [7, 11) is 0. The van der Waals surface area contributed by atoms with E-state index in [1.807, 2.05) is 4.90 Å². The highest BCUT2D eigenvalue weighted by atomic mass is 79.9. The average molecular weight is 339 g/mol. The highest BCUT2D eigenvalue weighted by molar-refractivity contribution is 9.10. The molecule has 1 aliphatic heterocycles. The second kappa shape index (κ2) is 5.09. The minimum atomic E-state index is -1.02. The minimum Gasteiger partial charge on any atom is -0.478 e. The number of urea groups is 1. The van der Waals surface area contributed by atoms with Crippen LogP contribution >= 0.6 is 15.9 Å². The third-order valence-corrected chi connectivity index (χ3v) is 4.81. The Hall–Kier alpha value is -1.56. The summed E-state index contributed by atoms with van der Waals surface area (Å²) in [4.78, 5) is 25.2. The molecule has 2 fully saturated rings. The van der Waals surface area contributed by atoms with Gasteiger partial charge in [0, 0.05) is 22.7 Å². The van der Waals surface area contributed by atoms with Gasteiger partial charge in [0.15, 0.2) is 0 Å². The van der Waals surface area contributed by atoms with Crippen LogP contribution in [0.1, 0.15) is 29.6 Å². The van der Waals surface area contributed by atoms with Crippen LogP contribution in [0.25, 0.3) is 0 Å². The molecule has 2 amide bonds. The van der Waals surface area contributed by atoms with Crippen LogP contribution < -0.4 is 5.32 Å². The third kappa shape index (κ3) is 2.40. The van der Waals surface area contributed by atoms with Crippen molar-refractivity contribution in [3.63, 3.8) is 0 Å². The number of anilines is 1. The Balaban J connectivity index is 1.73. The zero-order valence-electron chi connectivity index (χ0n) is 10.8. The van der Waals surface area contributed by atoms with Crippen molar-refractivity contribution in [2.45, 2.75) is 25.3 Å². The number of carbonyl (C=O) groups excluding carboxylic acids is 1. The SMILES string of the molecule is O=C(O)c1cc(NC(=O)N2CC3CCC2C3)ccc1Br. The molecule has 2 N–H and O–H groups in total. The Labute approximate surface area is 125 Å². The Morgan fingerprint density at radius 1 is 1.35 bits per heavy atom. The van der Waals surface area contributed by atoms with Gasteiger partial charge in [-0.15, -0.1) is 0 Å². The molecule has 2 aliphatic rings. The molecule has 2 atom stereocenters. The first-order valence-electron chi connectivity index (χ1n) is 6.65.